The molecule has 0 aromatic carbocycles. The second kappa shape index (κ2) is 4.51. The number of nitriles is 2. The molecule has 0 unspecified atom stereocenters. The van der Waals surface area contributed by atoms with Crippen molar-refractivity contribution in [3.63, 3.8) is 0 Å². The number of allylic oxidation sites excluding steroid dienone is 1. The van der Waals surface area contributed by atoms with Crippen molar-refractivity contribution in [3.8, 4) is 12.1 Å². The van der Waals surface area contributed by atoms with Crippen LogP contribution >= 0.6 is 0 Å². The molecule has 0 N–H and O–H groups in total. The van der Waals surface area contributed by atoms with Crippen molar-refractivity contribution in [2.45, 2.75) is 27.2 Å². The summed E-state index contributed by atoms with van der Waals surface area (Å²) in [6.45, 7) is 9.63. The Balaban J connectivity index is 4.64. The summed E-state index contributed by atoms with van der Waals surface area (Å²) in [6, 6.07) is 3.88. The quantitative estimate of drug-likeness (QED) is 0.604. The van der Waals surface area contributed by atoms with E-state index in [-0.39, 0.29) is 5.41 Å². The molecule has 2 nitrogen and oxygen atoms in total. The molecule has 0 aromatic heterocycles. The highest BCUT2D eigenvalue weighted by Crippen LogP contribution is 2.29. The molecule has 0 aliphatic carbocycles. The maximum absolute atomic E-state index is 8.60. The monoisotopic (exact) mass is 174 g/mol. The van der Waals surface area contributed by atoms with Crippen molar-refractivity contribution in [3.05, 3.63) is 17.9 Å². The summed E-state index contributed by atoms with van der Waals surface area (Å²) in [5, 5.41) is 17.2. The average molecular weight is 174 g/mol. The Morgan fingerprint density at radius 2 is 1.77 bits per heavy atom. The van der Waals surface area contributed by atoms with E-state index in [2.05, 4.69) is 12.3 Å². The van der Waals surface area contributed by atoms with Crippen molar-refractivity contribution in [1.29, 1.82) is 10.5 Å². The van der Waals surface area contributed by atoms with E-state index in [0.717, 1.165) is 5.57 Å². The summed E-state index contributed by atoms with van der Waals surface area (Å²) < 4.78 is 0. The fourth-order valence-electron chi connectivity index (χ4n) is 0.968. The summed E-state index contributed by atoms with van der Waals surface area (Å²) in [5.74, 6) is -0.580. The summed E-state index contributed by atoms with van der Waals surface area (Å²) in [7, 11) is 0. The first-order chi connectivity index (χ1) is 5.95. The molecule has 0 aliphatic heterocycles. The van der Waals surface area contributed by atoms with Crippen molar-refractivity contribution in [2.75, 3.05) is 0 Å². The molecule has 0 aliphatic rings. The summed E-state index contributed by atoms with van der Waals surface area (Å²) >= 11 is 0. The predicted octanol–water partition coefficient (Wildman–Crippen LogP) is 2.80. The highest BCUT2D eigenvalue weighted by atomic mass is 14.3. The molecule has 0 amide bonds. The SMILES string of the molecule is C=C=C(CC(C#N)C#N)C(C)(C)C. The number of hydrogen-bond donors (Lipinski definition) is 0. The Bertz CT molecular complexity index is 286. The zero-order valence-electron chi connectivity index (χ0n) is 8.39. The minimum Gasteiger partial charge on any atom is -0.197 e. The van der Waals surface area contributed by atoms with E-state index >= 15 is 0 Å². The molecular formula is C11H14N2. The first kappa shape index (κ1) is 11.5. The molecule has 0 spiro atoms. The molecule has 13 heavy (non-hydrogen) atoms. The van der Waals surface area contributed by atoms with Crippen molar-refractivity contribution < 1.29 is 0 Å². The van der Waals surface area contributed by atoms with Gasteiger partial charge in [0.05, 0.1) is 12.1 Å². The van der Waals surface area contributed by atoms with Gasteiger partial charge in [0, 0.05) is 6.42 Å². The van der Waals surface area contributed by atoms with Gasteiger partial charge in [0.15, 0.2) is 0 Å². The van der Waals surface area contributed by atoms with Crippen LogP contribution < -0.4 is 0 Å². The van der Waals surface area contributed by atoms with Crippen LogP contribution in [0.3, 0.4) is 0 Å². The normalized spacial score (nSPS) is 10.0. The molecule has 0 radical (unpaired) electrons. The van der Waals surface area contributed by atoms with Gasteiger partial charge in [-0.15, -0.1) is 5.73 Å². The average Bonchev–Trinajstić information content (AvgIpc) is 2.04. The van der Waals surface area contributed by atoms with Crippen molar-refractivity contribution in [2.24, 2.45) is 11.3 Å². The van der Waals surface area contributed by atoms with E-state index in [4.69, 9.17) is 10.5 Å². The molecule has 0 aromatic rings. The molecule has 0 saturated carbocycles. The number of hydrogen-bond acceptors (Lipinski definition) is 2. The molecule has 0 atom stereocenters. The largest absolute Gasteiger partial charge is 0.197 e. The molecule has 0 rings (SSSR count). The van der Waals surface area contributed by atoms with E-state index in [0.29, 0.717) is 6.42 Å². The zero-order valence-corrected chi connectivity index (χ0v) is 8.39. The predicted molar refractivity (Wildman–Crippen MR) is 51.4 cm³/mol. The lowest BCUT2D eigenvalue weighted by molar-refractivity contribution is 0.475. The zero-order chi connectivity index (χ0) is 10.5. The second-order valence-electron chi connectivity index (χ2n) is 3.92. The first-order valence-corrected chi connectivity index (χ1v) is 4.14. The Hall–Kier alpha value is -1.50. The van der Waals surface area contributed by atoms with Gasteiger partial charge in [-0.2, -0.15) is 10.5 Å². The minimum absolute atomic E-state index is 0.0618. The lowest BCUT2D eigenvalue weighted by Crippen LogP contribution is -2.11. The second-order valence-corrected chi connectivity index (χ2v) is 3.92. The van der Waals surface area contributed by atoms with E-state index < -0.39 is 5.92 Å². The van der Waals surface area contributed by atoms with Crippen LogP contribution in [0.4, 0.5) is 0 Å². The molecule has 0 bridgehead atoms. The van der Waals surface area contributed by atoms with Crippen LogP contribution in [0.25, 0.3) is 0 Å². The number of rotatable bonds is 2. The highest BCUT2D eigenvalue weighted by Gasteiger charge is 2.20. The molecular weight excluding hydrogens is 160 g/mol. The lowest BCUT2D eigenvalue weighted by Gasteiger charge is -2.21. The Labute approximate surface area is 79.8 Å². The smallest absolute Gasteiger partial charge is 0.137 e. The van der Waals surface area contributed by atoms with Gasteiger partial charge in [0.25, 0.3) is 0 Å². The summed E-state index contributed by atoms with van der Waals surface area (Å²) in [5.41, 5.74) is 3.67. The summed E-state index contributed by atoms with van der Waals surface area (Å²) in [4.78, 5) is 0. The van der Waals surface area contributed by atoms with Gasteiger partial charge >= 0.3 is 0 Å². The maximum atomic E-state index is 8.60. The molecule has 68 valence electrons. The van der Waals surface area contributed by atoms with Crippen LogP contribution in [0.1, 0.15) is 27.2 Å². The molecule has 0 fully saturated rings. The van der Waals surface area contributed by atoms with E-state index in [1.807, 2.05) is 32.9 Å². The van der Waals surface area contributed by atoms with Crippen LogP contribution in [0, 0.1) is 34.0 Å². The third kappa shape index (κ3) is 3.61. The fraction of sp³-hybridized carbons (Fsp3) is 0.545. The number of nitrogens with zero attached hydrogens (tertiary/aromatic N) is 2. The van der Waals surface area contributed by atoms with Crippen LogP contribution in [0.2, 0.25) is 0 Å². The maximum Gasteiger partial charge on any atom is 0.137 e. The van der Waals surface area contributed by atoms with Gasteiger partial charge in [-0.05, 0) is 11.0 Å². The van der Waals surface area contributed by atoms with Crippen molar-refractivity contribution in [1.82, 2.24) is 0 Å². The molecule has 0 saturated heterocycles. The minimum atomic E-state index is -0.580. The Morgan fingerprint density at radius 1 is 1.31 bits per heavy atom. The van der Waals surface area contributed by atoms with Gasteiger partial charge in [-0.1, -0.05) is 27.4 Å². The molecule has 2 heteroatoms. The van der Waals surface area contributed by atoms with Gasteiger partial charge in [0.2, 0.25) is 0 Å². The van der Waals surface area contributed by atoms with Crippen LogP contribution in [-0.4, -0.2) is 0 Å². The van der Waals surface area contributed by atoms with Gasteiger partial charge in [0.1, 0.15) is 5.92 Å². The highest BCUT2D eigenvalue weighted by molar-refractivity contribution is 5.15. The van der Waals surface area contributed by atoms with Gasteiger partial charge < -0.3 is 0 Å². The van der Waals surface area contributed by atoms with Gasteiger partial charge in [-0.25, -0.2) is 0 Å². The van der Waals surface area contributed by atoms with Crippen LogP contribution in [0.15, 0.2) is 17.9 Å². The van der Waals surface area contributed by atoms with E-state index in [9.17, 15) is 0 Å². The van der Waals surface area contributed by atoms with Crippen LogP contribution in [-0.2, 0) is 0 Å². The standard InChI is InChI=1S/C11H14N2/c1-5-10(11(2,3)4)6-9(7-12)8-13/h9H,1,6H2,2-4H3. The Morgan fingerprint density at radius 3 is 2.00 bits per heavy atom. The Kier molecular flexibility index (Phi) is 3.99. The third-order valence-corrected chi connectivity index (χ3v) is 1.84. The van der Waals surface area contributed by atoms with E-state index in [1.165, 1.54) is 0 Å². The van der Waals surface area contributed by atoms with Crippen LogP contribution in [0.5, 0.6) is 0 Å². The van der Waals surface area contributed by atoms with Crippen molar-refractivity contribution >= 4 is 0 Å². The third-order valence-electron chi connectivity index (χ3n) is 1.84. The van der Waals surface area contributed by atoms with Gasteiger partial charge in [-0.3, -0.25) is 0 Å². The summed E-state index contributed by atoms with van der Waals surface area (Å²) in [6.07, 6.45) is 0.444. The fourth-order valence-corrected chi connectivity index (χ4v) is 0.968. The van der Waals surface area contributed by atoms with E-state index in [1.54, 1.807) is 0 Å². The topological polar surface area (TPSA) is 47.6 Å². The first-order valence-electron chi connectivity index (χ1n) is 4.14. The molecule has 0 heterocycles. The lowest BCUT2D eigenvalue weighted by atomic mass is 9.82.